The van der Waals surface area contributed by atoms with Gasteiger partial charge in [0.05, 0.1) is 0 Å². The fourth-order valence-corrected chi connectivity index (χ4v) is 4.03. The maximum atomic E-state index is 12.2. The quantitative estimate of drug-likeness (QED) is 0.507. The van der Waals surface area contributed by atoms with Gasteiger partial charge in [0.2, 0.25) is 0 Å². The zero-order chi connectivity index (χ0) is 16.2. The number of nitrogens with one attached hydrogen (secondary N) is 1. The van der Waals surface area contributed by atoms with Crippen molar-refractivity contribution < 1.29 is 26.3 Å². The maximum absolute atomic E-state index is 12.2. The van der Waals surface area contributed by atoms with E-state index >= 15 is 0 Å². The Hall–Kier alpha value is -1.43. The third-order valence-electron chi connectivity index (χ3n) is 2.27. The Balaban J connectivity index is 3.09. The minimum absolute atomic E-state index is 0.0841. The van der Waals surface area contributed by atoms with Gasteiger partial charge in [-0.3, -0.25) is 0 Å². The standard InChI is InChI=1S/C12H15AsClNO6/c1-7(14)5-12(18)21-13(19,20)10-4-3-9(17)6-11(10)15-8(2)16/h3-4,6-7,17H,5H2,1-2H3,(H,15,16)(H,19,20). The predicted molar refractivity (Wildman–Crippen MR) is 76.7 cm³/mol. The van der Waals surface area contributed by atoms with Crippen LogP contribution in [-0.4, -0.2) is 40.6 Å². The van der Waals surface area contributed by atoms with Gasteiger partial charge in [-0.2, -0.15) is 0 Å². The molecule has 116 valence electrons. The van der Waals surface area contributed by atoms with Crippen molar-refractivity contribution in [1.29, 1.82) is 0 Å². The zero-order valence-corrected chi connectivity index (χ0v) is 14.0. The Kier molecular flexibility index (Phi) is 5.89. The number of aromatic hydroxyl groups is 1. The molecule has 1 aromatic carbocycles. The van der Waals surface area contributed by atoms with Gasteiger partial charge in [0, 0.05) is 0 Å². The molecule has 2 unspecified atom stereocenters. The van der Waals surface area contributed by atoms with Crippen LogP contribution in [-0.2, 0) is 17.1 Å². The Bertz CT molecular complexity index is 603. The molecule has 21 heavy (non-hydrogen) atoms. The number of anilines is 1. The summed E-state index contributed by atoms with van der Waals surface area (Å²) in [6.07, 6.45) is -0.221. The van der Waals surface area contributed by atoms with Crippen molar-refractivity contribution in [2.75, 3.05) is 5.32 Å². The Morgan fingerprint density at radius 2 is 2.10 bits per heavy atom. The fraction of sp³-hybridized carbons (Fsp3) is 0.333. The summed E-state index contributed by atoms with van der Waals surface area (Å²) < 4.78 is 26.5. The molecule has 0 radical (unpaired) electrons. The van der Waals surface area contributed by atoms with Crippen molar-refractivity contribution in [2.24, 2.45) is 0 Å². The topological polar surface area (TPSA) is 113 Å². The first kappa shape index (κ1) is 17.6. The molecule has 0 saturated carbocycles. The van der Waals surface area contributed by atoms with E-state index in [1.54, 1.807) is 6.92 Å². The molecule has 7 nitrogen and oxygen atoms in total. The van der Waals surface area contributed by atoms with E-state index in [-0.39, 0.29) is 22.2 Å². The third-order valence-corrected chi connectivity index (χ3v) is 5.47. The van der Waals surface area contributed by atoms with Gasteiger partial charge in [0.15, 0.2) is 0 Å². The van der Waals surface area contributed by atoms with Crippen molar-refractivity contribution >= 4 is 47.7 Å². The number of hydrogen-bond donors (Lipinski definition) is 3. The second-order valence-corrected chi connectivity index (χ2v) is 8.67. The second kappa shape index (κ2) is 7.02. The Morgan fingerprint density at radius 1 is 1.48 bits per heavy atom. The number of alkyl halides is 1. The van der Waals surface area contributed by atoms with Crippen LogP contribution >= 0.6 is 11.6 Å². The zero-order valence-electron chi connectivity index (χ0n) is 11.4. The summed E-state index contributed by atoms with van der Waals surface area (Å²) in [5.74, 6) is -1.62. The average molecular weight is 380 g/mol. The molecule has 0 heterocycles. The average Bonchev–Trinajstić information content (AvgIpc) is 2.24. The number of halogens is 1. The van der Waals surface area contributed by atoms with Crippen LogP contribution in [0.3, 0.4) is 0 Å². The molecule has 0 bridgehead atoms. The van der Waals surface area contributed by atoms with Gasteiger partial charge in [-0.1, -0.05) is 0 Å². The first-order chi connectivity index (χ1) is 9.61. The van der Waals surface area contributed by atoms with E-state index in [2.05, 4.69) is 9.04 Å². The molecule has 2 atom stereocenters. The van der Waals surface area contributed by atoms with Gasteiger partial charge in [0.25, 0.3) is 0 Å². The predicted octanol–water partition coefficient (Wildman–Crippen LogP) is 0.480. The minimum atomic E-state index is -5.21. The SMILES string of the molecule is CC(=O)Nc1cc(O)ccc1[As](=O)(O)OC(=O)CC(C)Cl. The molecular formula is C12H15AsClNO6. The number of carbonyl (C=O) groups is 2. The summed E-state index contributed by atoms with van der Waals surface area (Å²) in [6, 6.07) is 3.37. The summed E-state index contributed by atoms with van der Waals surface area (Å²) in [5.41, 5.74) is -0.0841. The Morgan fingerprint density at radius 3 is 2.62 bits per heavy atom. The molecule has 0 saturated heterocycles. The number of amides is 1. The number of hydrogen-bond acceptors (Lipinski definition) is 5. The van der Waals surface area contributed by atoms with Gasteiger partial charge >= 0.3 is 129 Å². The van der Waals surface area contributed by atoms with Crippen LogP contribution in [0.4, 0.5) is 5.69 Å². The summed E-state index contributed by atoms with van der Waals surface area (Å²) >= 11 is 0.402. The molecule has 0 aliphatic rings. The van der Waals surface area contributed by atoms with Crippen LogP contribution in [0.25, 0.3) is 0 Å². The number of carbonyl (C=O) groups excluding carboxylic acids is 2. The van der Waals surface area contributed by atoms with Crippen LogP contribution in [0.15, 0.2) is 18.2 Å². The van der Waals surface area contributed by atoms with Crippen LogP contribution in [0.2, 0.25) is 0 Å². The van der Waals surface area contributed by atoms with Gasteiger partial charge in [0.1, 0.15) is 0 Å². The number of benzene rings is 1. The van der Waals surface area contributed by atoms with E-state index in [9.17, 15) is 22.5 Å². The van der Waals surface area contributed by atoms with E-state index in [0.29, 0.717) is 0 Å². The molecule has 1 amide bonds. The van der Waals surface area contributed by atoms with E-state index in [4.69, 9.17) is 11.6 Å². The molecule has 9 heteroatoms. The first-order valence-corrected chi connectivity index (χ1v) is 9.67. The van der Waals surface area contributed by atoms with Gasteiger partial charge in [-0.25, -0.2) is 0 Å². The van der Waals surface area contributed by atoms with Crippen LogP contribution in [0.5, 0.6) is 5.75 Å². The van der Waals surface area contributed by atoms with Crippen molar-refractivity contribution in [2.45, 2.75) is 25.6 Å². The van der Waals surface area contributed by atoms with E-state index in [1.165, 1.54) is 6.92 Å². The monoisotopic (exact) mass is 379 g/mol. The third kappa shape index (κ3) is 5.45. The normalized spacial score (nSPS) is 14.9. The summed E-state index contributed by atoms with van der Waals surface area (Å²) in [7, 11) is 0. The molecule has 0 fully saturated rings. The molecule has 0 aromatic heterocycles. The Labute approximate surface area is 129 Å². The van der Waals surface area contributed by atoms with Crippen molar-refractivity contribution in [3.8, 4) is 5.75 Å². The van der Waals surface area contributed by atoms with Crippen molar-refractivity contribution in [3.05, 3.63) is 18.2 Å². The molecular weight excluding hydrogens is 365 g/mol. The van der Waals surface area contributed by atoms with Gasteiger partial charge in [-0.05, 0) is 0 Å². The number of phenolic OH excluding ortho intramolecular Hbond substituents is 1. The summed E-state index contributed by atoms with van der Waals surface area (Å²) in [4.78, 5) is 22.6. The van der Waals surface area contributed by atoms with E-state index < -0.39 is 31.4 Å². The van der Waals surface area contributed by atoms with E-state index in [0.717, 1.165) is 18.2 Å². The van der Waals surface area contributed by atoms with Crippen LogP contribution in [0.1, 0.15) is 20.3 Å². The number of rotatable bonds is 5. The number of phenols is 1. The van der Waals surface area contributed by atoms with Crippen molar-refractivity contribution in [3.63, 3.8) is 0 Å². The molecule has 1 rings (SSSR count). The summed E-state index contributed by atoms with van der Waals surface area (Å²) in [6.45, 7) is 2.74. The van der Waals surface area contributed by atoms with Crippen LogP contribution < -0.4 is 9.67 Å². The van der Waals surface area contributed by atoms with Gasteiger partial charge < -0.3 is 0 Å². The fourth-order valence-electron chi connectivity index (χ4n) is 1.51. The molecule has 0 aliphatic heterocycles. The van der Waals surface area contributed by atoms with Crippen molar-refractivity contribution in [1.82, 2.24) is 0 Å². The van der Waals surface area contributed by atoms with E-state index in [1.807, 2.05) is 0 Å². The van der Waals surface area contributed by atoms with Crippen LogP contribution in [0, 0.1) is 0 Å². The summed E-state index contributed by atoms with van der Waals surface area (Å²) in [5, 5.41) is 11.1. The molecule has 3 N–H and O–H groups in total. The first-order valence-electron chi connectivity index (χ1n) is 5.92. The molecule has 0 aliphatic carbocycles. The molecule has 0 spiro atoms. The second-order valence-electron chi connectivity index (χ2n) is 4.35. The molecule has 1 aromatic rings. The van der Waals surface area contributed by atoms with Gasteiger partial charge in [-0.15, -0.1) is 0 Å².